The van der Waals surface area contributed by atoms with Crippen LogP contribution in [0.3, 0.4) is 0 Å². The minimum Gasteiger partial charge on any atom is -0.359 e. The number of nitrogens with zero attached hydrogens (tertiary/aromatic N) is 3. The lowest BCUT2D eigenvalue weighted by molar-refractivity contribution is -0.142. The zero-order chi connectivity index (χ0) is 16.3. The minimum atomic E-state index is -0.601. The Morgan fingerprint density at radius 1 is 1.45 bits per heavy atom. The van der Waals surface area contributed by atoms with Gasteiger partial charge in [0.2, 0.25) is 0 Å². The summed E-state index contributed by atoms with van der Waals surface area (Å²) in [5, 5.41) is 9.14. The van der Waals surface area contributed by atoms with E-state index >= 15 is 0 Å². The van der Waals surface area contributed by atoms with Gasteiger partial charge in [0.05, 0.1) is 12.2 Å². The molecule has 1 fully saturated rings. The van der Waals surface area contributed by atoms with Crippen molar-refractivity contribution < 1.29 is 14.1 Å². The molecule has 122 valence electrons. The van der Waals surface area contributed by atoms with Crippen molar-refractivity contribution in [2.75, 3.05) is 18.4 Å². The highest BCUT2D eigenvalue weighted by atomic mass is 16.5. The molecule has 3 amide bonds. The van der Waals surface area contributed by atoms with Gasteiger partial charge in [-0.05, 0) is 19.3 Å². The van der Waals surface area contributed by atoms with Crippen molar-refractivity contribution in [3.63, 3.8) is 0 Å². The molecule has 2 heterocycles. The highest BCUT2D eigenvalue weighted by molar-refractivity contribution is 5.92. The molecule has 0 spiro atoms. The van der Waals surface area contributed by atoms with Crippen molar-refractivity contribution in [2.45, 2.75) is 39.7 Å². The molecule has 0 aliphatic carbocycles. The van der Waals surface area contributed by atoms with Crippen molar-refractivity contribution in [1.82, 2.24) is 15.2 Å². The topological polar surface area (TPSA) is 105 Å². The van der Waals surface area contributed by atoms with Crippen molar-refractivity contribution in [3.05, 3.63) is 12.0 Å². The highest BCUT2D eigenvalue weighted by Gasteiger charge is 2.35. The van der Waals surface area contributed by atoms with E-state index in [4.69, 9.17) is 10.3 Å². The fourth-order valence-corrected chi connectivity index (χ4v) is 2.32. The molecule has 22 heavy (non-hydrogen) atoms. The Bertz CT molecular complexity index is 544. The van der Waals surface area contributed by atoms with Crippen LogP contribution in [0.1, 0.15) is 32.4 Å². The number of anilines is 1. The average molecular weight is 309 g/mol. The van der Waals surface area contributed by atoms with Gasteiger partial charge in [-0.15, -0.1) is 0 Å². The Kier molecular flexibility index (Phi) is 5.02. The second-order valence-corrected chi connectivity index (χ2v) is 5.58. The molecule has 3 N–H and O–H groups in total. The molecule has 0 bridgehead atoms. The number of urea groups is 1. The van der Waals surface area contributed by atoms with E-state index in [-0.39, 0.29) is 17.9 Å². The van der Waals surface area contributed by atoms with Crippen LogP contribution in [0.5, 0.6) is 0 Å². The number of aromatic nitrogens is 1. The Hall–Kier alpha value is -2.09. The molecule has 0 radical (unpaired) electrons. The molecule has 1 aliphatic heterocycles. The van der Waals surface area contributed by atoms with E-state index in [1.54, 1.807) is 6.92 Å². The lowest BCUT2D eigenvalue weighted by atomic mass is 9.99. The highest BCUT2D eigenvalue weighted by Crippen LogP contribution is 2.19. The molecule has 1 aromatic heterocycles. The molecular weight excluding hydrogens is 286 g/mol. The number of hydrazine groups is 1. The van der Waals surface area contributed by atoms with Crippen molar-refractivity contribution in [1.29, 1.82) is 0 Å². The summed E-state index contributed by atoms with van der Waals surface area (Å²) < 4.78 is 4.90. The number of hydrogen-bond donors (Lipinski definition) is 2. The van der Waals surface area contributed by atoms with Crippen LogP contribution in [0.15, 0.2) is 10.7 Å². The summed E-state index contributed by atoms with van der Waals surface area (Å²) in [4.78, 5) is 24.8. The second kappa shape index (κ2) is 6.78. The summed E-state index contributed by atoms with van der Waals surface area (Å²) in [6.07, 6.45) is 2.97. The maximum atomic E-state index is 12.5. The van der Waals surface area contributed by atoms with Crippen LogP contribution in [0.25, 0.3) is 0 Å². The van der Waals surface area contributed by atoms with Crippen LogP contribution in [-0.2, 0) is 4.79 Å². The summed E-state index contributed by atoms with van der Waals surface area (Å²) in [5.41, 5.74) is 6.49. The lowest BCUT2D eigenvalue weighted by Gasteiger charge is -2.31. The molecule has 1 aromatic rings. The number of carbonyl (C=O) groups is 2. The molecule has 1 unspecified atom stereocenters. The first-order valence-corrected chi connectivity index (χ1v) is 7.52. The van der Waals surface area contributed by atoms with Gasteiger partial charge in [0.25, 0.3) is 5.91 Å². The van der Waals surface area contributed by atoms with Crippen molar-refractivity contribution in [2.24, 2.45) is 11.7 Å². The SMILES string of the molecule is CCC(C)[C@H](N)C(=O)N1CCCN1C(=O)Nc1cnoc1C. The first-order valence-electron chi connectivity index (χ1n) is 7.52. The molecule has 2 rings (SSSR count). The zero-order valence-electron chi connectivity index (χ0n) is 13.2. The van der Waals surface area contributed by atoms with Gasteiger partial charge in [-0.1, -0.05) is 25.4 Å². The summed E-state index contributed by atoms with van der Waals surface area (Å²) >= 11 is 0. The number of aryl methyl sites for hydroxylation is 1. The molecule has 2 atom stereocenters. The Morgan fingerprint density at radius 2 is 2.14 bits per heavy atom. The van der Waals surface area contributed by atoms with Crippen LogP contribution >= 0.6 is 0 Å². The van der Waals surface area contributed by atoms with E-state index in [1.807, 2.05) is 13.8 Å². The summed E-state index contributed by atoms with van der Waals surface area (Å²) in [7, 11) is 0. The first-order chi connectivity index (χ1) is 10.5. The number of amides is 3. The second-order valence-electron chi connectivity index (χ2n) is 5.58. The van der Waals surface area contributed by atoms with E-state index in [9.17, 15) is 9.59 Å². The predicted octanol–water partition coefficient (Wildman–Crippen LogP) is 1.34. The molecule has 1 aliphatic rings. The number of nitrogens with two attached hydrogens (primary N) is 1. The van der Waals surface area contributed by atoms with Gasteiger partial charge in [0.1, 0.15) is 5.69 Å². The largest absolute Gasteiger partial charge is 0.359 e. The number of rotatable bonds is 4. The third kappa shape index (κ3) is 3.22. The number of carbonyl (C=O) groups excluding carboxylic acids is 2. The zero-order valence-corrected chi connectivity index (χ0v) is 13.2. The fourth-order valence-electron chi connectivity index (χ4n) is 2.32. The van der Waals surface area contributed by atoms with Gasteiger partial charge in [-0.25, -0.2) is 14.8 Å². The van der Waals surface area contributed by atoms with Crippen LogP contribution in [-0.4, -0.2) is 46.2 Å². The Labute approximate surface area is 129 Å². The van der Waals surface area contributed by atoms with Crippen LogP contribution < -0.4 is 11.1 Å². The average Bonchev–Trinajstić information content (AvgIpc) is 3.14. The quantitative estimate of drug-likeness (QED) is 0.873. The number of hydrogen-bond acceptors (Lipinski definition) is 5. The van der Waals surface area contributed by atoms with Gasteiger partial charge in [-0.2, -0.15) is 0 Å². The normalized spacial score (nSPS) is 17.5. The van der Waals surface area contributed by atoms with Crippen LogP contribution in [0, 0.1) is 12.8 Å². The van der Waals surface area contributed by atoms with E-state index in [2.05, 4.69) is 10.5 Å². The standard InChI is InChI=1S/C14H23N5O3/c1-4-9(2)12(15)13(20)18-6-5-7-19(18)14(21)17-11-8-16-22-10(11)3/h8-9,12H,4-7,15H2,1-3H3,(H,17,21)/t9?,12-/m0/s1. The Balaban J connectivity index is 2.05. The number of nitrogens with one attached hydrogen (secondary N) is 1. The third-order valence-corrected chi connectivity index (χ3v) is 4.05. The van der Waals surface area contributed by atoms with Crippen molar-refractivity contribution in [3.8, 4) is 0 Å². The molecule has 0 saturated carbocycles. The van der Waals surface area contributed by atoms with Gasteiger partial charge in [-0.3, -0.25) is 4.79 Å². The van der Waals surface area contributed by atoms with Gasteiger partial charge >= 0.3 is 6.03 Å². The van der Waals surface area contributed by atoms with Crippen LogP contribution in [0.4, 0.5) is 10.5 Å². The molecule has 8 nitrogen and oxygen atoms in total. The molecule has 0 aromatic carbocycles. The third-order valence-electron chi connectivity index (χ3n) is 4.05. The van der Waals surface area contributed by atoms with E-state index in [1.165, 1.54) is 16.2 Å². The summed E-state index contributed by atoms with van der Waals surface area (Å²) in [6.45, 7) is 6.60. The molecule has 1 saturated heterocycles. The smallest absolute Gasteiger partial charge is 0.340 e. The summed E-state index contributed by atoms with van der Waals surface area (Å²) in [6, 6.07) is -0.982. The van der Waals surface area contributed by atoms with Gasteiger partial charge < -0.3 is 15.6 Å². The fraction of sp³-hybridized carbons (Fsp3) is 0.643. The predicted molar refractivity (Wildman–Crippen MR) is 80.7 cm³/mol. The maximum absolute atomic E-state index is 12.5. The van der Waals surface area contributed by atoms with Gasteiger partial charge in [0, 0.05) is 13.1 Å². The minimum absolute atomic E-state index is 0.0679. The lowest BCUT2D eigenvalue weighted by Crippen LogP contribution is -2.53. The van der Waals surface area contributed by atoms with E-state index < -0.39 is 6.04 Å². The Morgan fingerprint density at radius 3 is 2.73 bits per heavy atom. The summed E-state index contributed by atoms with van der Waals surface area (Å²) in [5.74, 6) is 0.365. The van der Waals surface area contributed by atoms with E-state index in [0.29, 0.717) is 24.5 Å². The monoisotopic (exact) mass is 309 g/mol. The van der Waals surface area contributed by atoms with Crippen LogP contribution in [0.2, 0.25) is 0 Å². The molecular formula is C14H23N5O3. The van der Waals surface area contributed by atoms with Crippen molar-refractivity contribution >= 4 is 17.6 Å². The molecule has 8 heteroatoms. The van der Waals surface area contributed by atoms with E-state index in [0.717, 1.165) is 12.8 Å². The first kappa shape index (κ1) is 16.3. The van der Waals surface area contributed by atoms with Gasteiger partial charge in [0.15, 0.2) is 5.76 Å². The maximum Gasteiger partial charge on any atom is 0.340 e.